The minimum atomic E-state index is -0.308. The van der Waals surface area contributed by atoms with Gasteiger partial charge in [-0.2, -0.15) is 0 Å². The Kier molecular flexibility index (Phi) is 5.26. The Morgan fingerprint density at radius 1 is 1.25 bits per heavy atom. The van der Waals surface area contributed by atoms with Crippen molar-refractivity contribution in [2.45, 2.75) is 26.3 Å². The van der Waals surface area contributed by atoms with Gasteiger partial charge in [-0.1, -0.05) is 35.0 Å². The van der Waals surface area contributed by atoms with Gasteiger partial charge in [0.1, 0.15) is 5.82 Å². The molecule has 0 saturated carbocycles. The Morgan fingerprint density at radius 3 is 2.70 bits per heavy atom. The molecule has 2 rings (SSSR count). The highest BCUT2D eigenvalue weighted by Gasteiger charge is 2.15. The van der Waals surface area contributed by atoms with Crippen LogP contribution >= 0.6 is 15.9 Å². The number of aromatic nitrogens is 1. The van der Waals surface area contributed by atoms with Crippen LogP contribution in [0.25, 0.3) is 0 Å². The number of nitrogens with one attached hydrogen (secondary N) is 1. The maximum Gasteiger partial charge on any atom is 0.141 e. The van der Waals surface area contributed by atoms with Crippen LogP contribution in [0.5, 0.6) is 0 Å². The number of pyridine rings is 1. The lowest BCUT2D eigenvalue weighted by atomic mass is 9.99. The Balaban J connectivity index is 2.38. The average Bonchev–Trinajstić information content (AvgIpc) is 2.43. The van der Waals surface area contributed by atoms with Crippen LogP contribution < -0.4 is 5.32 Å². The fourth-order valence-electron chi connectivity index (χ4n) is 2.09. The molecule has 2 nitrogen and oxygen atoms in total. The van der Waals surface area contributed by atoms with Crippen LogP contribution in [-0.2, 0) is 0 Å². The van der Waals surface area contributed by atoms with Crippen molar-refractivity contribution in [3.8, 4) is 0 Å². The standard InChI is InChI=1S/C16H18BrFN2/c1-3-6-20-16(13-7-14(18)10-19-9-13)12-5-4-11(2)15(17)8-12/h4-5,7-10,16,20H,3,6H2,1-2H3. The number of benzene rings is 1. The van der Waals surface area contributed by atoms with Crippen LogP contribution in [0.1, 0.15) is 36.1 Å². The van der Waals surface area contributed by atoms with Gasteiger partial charge in [0.2, 0.25) is 0 Å². The number of hydrogen-bond acceptors (Lipinski definition) is 2. The monoisotopic (exact) mass is 336 g/mol. The van der Waals surface area contributed by atoms with Crippen molar-refractivity contribution in [1.29, 1.82) is 0 Å². The predicted octanol–water partition coefficient (Wildman–Crippen LogP) is 4.38. The molecule has 20 heavy (non-hydrogen) atoms. The third kappa shape index (κ3) is 3.64. The zero-order valence-electron chi connectivity index (χ0n) is 11.7. The van der Waals surface area contributed by atoms with Crippen LogP contribution in [0.3, 0.4) is 0 Å². The summed E-state index contributed by atoms with van der Waals surface area (Å²) in [6, 6.07) is 7.70. The van der Waals surface area contributed by atoms with E-state index in [1.807, 2.05) is 6.92 Å². The van der Waals surface area contributed by atoms with Crippen molar-refractivity contribution in [3.63, 3.8) is 0 Å². The first-order valence-electron chi connectivity index (χ1n) is 6.71. The van der Waals surface area contributed by atoms with Crippen molar-refractivity contribution in [2.75, 3.05) is 6.54 Å². The van der Waals surface area contributed by atoms with Gasteiger partial charge in [-0.05, 0) is 48.7 Å². The molecule has 1 unspecified atom stereocenters. The van der Waals surface area contributed by atoms with E-state index in [2.05, 4.69) is 51.4 Å². The number of hydrogen-bond donors (Lipinski definition) is 1. The molecule has 0 spiro atoms. The van der Waals surface area contributed by atoms with Gasteiger partial charge in [0.25, 0.3) is 0 Å². The summed E-state index contributed by atoms with van der Waals surface area (Å²) >= 11 is 3.55. The second-order valence-corrected chi connectivity index (χ2v) is 5.69. The van der Waals surface area contributed by atoms with Crippen LogP contribution in [0, 0.1) is 12.7 Å². The van der Waals surface area contributed by atoms with E-state index in [1.165, 1.54) is 17.8 Å². The van der Waals surface area contributed by atoms with Gasteiger partial charge in [-0.25, -0.2) is 4.39 Å². The van der Waals surface area contributed by atoms with E-state index < -0.39 is 0 Å². The molecule has 0 fully saturated rings. The molecular formula is C16H18BrFN2. The summed E-state index contributed by atoms with van der Waals surface area (Å²) in [4.78, 5) is 3.95. The topological polar surface area (TPSA) is 24.9 Å². The Hall–Kier alpha value is -1.26. The molecule has 0 radical (unpaired) electrons. The first kappa shape index (κ1) is 15.1. The molecular weight excluding hydrogens is 319 g/mol. The SMILES string of the molecule is CCCNC(c1cncc(F)c1)c1ccc(C)c(Br)c1. The minimum Gasteiger partial charge on any atom is -0.306 e. The summed E-state index contributed by atoms with van der Waals surface area (Å²) in [5, 5.41) is 3.45. The maximum atomic E-state index is 13.4. The van der Waals surface area contributed by atoms with E-state index in [0.29, 0.717) is 0 Å². The third-order valence-corrected chi connectivity index (χ3v) is 4.04. The fraction of sp³-hybridized carbons (Fsp3) is 0.312. The lowest BCUT2D eigenvalue weighted by molar-refractivity contribution is 0.580. The molecule has 0 aliphatic rings. The number of aryl methyl sites for hydroxylation is 1. The highest BCUT2D eigenvalue weighted by Crippen LogP contribution is 2.26. The predicted molar refractivity (Wildman–Crippen MR) is 83.2 cm³/mol. The molecule has 1 N–H and O–H groups in total. The van der Waals surface area contributed by atoms with Gasteiger partial charge in [-0.15, -0.1) is 0 Å². The molecule has 1 heterocycles. The van der Waals surface area contributed by atoms with E-state index in [-0.39, 0.29) is 11.9 Å². The lowest BCUT2D eigenvalue weighted by Crippen LogP contribution is -2.23. The van der Waals surface area contributed by atoms with E-state index in [9.17, 15) is 4.39 Å². The molecule has 4 heteroatoms. The second kappa shape index (κ2) is 6.95. The first-order chi connectivity index (χ1) is 9.61. The molecule has 0 bridgehead atoms. The quantitative estimate of drug-likeness (QED) is 0.876. The van der Waals surface area contributed by atoms with Crippen molar-refractivity contribution < 1.29 is 4.39 Å². The molecule has 106 valence electrons. The van der Waals surface area contributed by atoms with Gasteiger partial charge in [-0.3, -0.25) is 4.98 Å². The zero-order chi connectivity index (χ0) is 14.5. The molecule has 1 aromatic heterocycles. The van der Waals surface area contributed by atoms with Crippen LogP contribution in [0.2, 0.25) is 0 Å². The zero-order valence-corrected chi connectivity index (χ0v) is 13.2. The molecule has 0 aliphatic heterocycles. The molecule has 0 aliphatic carbocycles. The van der Waals surface area contributed by atoms with E-state index in [1.54, 1.807) is 6.20 Å². The summed E-state index contributed by atoms with van der Waals surface area (Å²) in [5.41, 5.74) is 3.12. The van der Waals surface area contributed by atoms with Gasteiger partial charge >= 0.3 is 0 Å². The Labute approximate surface area is 127 Å². The normalized spacial score (nSPS) is 12.4. The smallest absolute Gasteiger partial charge is 0.141 e. The summed E-state index contributed by atoms with van der Waals surface area (Å²) < 4.78 is 14.5. The van der Waals surface area contributed by atoms with Crippen molar-refractivity contribution >= 4 is 15.9 Å². The molecule has 2 aromatic rings. The van der Waals surface area contributed by atoms with Crippen LogP contribution in [0.15, 0.2) is 41.1 Å². The van der Waals surface area contributed by atoms with E-state index in [0.717, 1.165) is 28.6 Å². The molecule has 0 saturated heterocycles. The summed E-state index contributed by atoms with van der Waals surface area (Å²) in [7, 11) is 0. The van der Waals surface area contributed by atoms with Gasteiger partial charge in [0.05, 0.1) is 12.2 Å². The molecule has 0 amide bonds. The number of nitrogens with zero attached hydrogens (tertiary/aromatic N) is 1. The second-order valence-electron chi connectivity index (χ2n) is 4.83. The fourth-order valence-corrected chi connectivity index (χ4v) is 2.49. The van der Waals surface area contributed by atoms with E-state index >= 15 is 0 Å². The first-order valence-corrected chi connectivity index (χ1v) is 7.51. The largest absolute Gasteiger partial charge is 0.306 e. The van der Waals surface area contributed by atoms with Crippen LogP contribution in [-0.4, -0.2) is 11.5 Å². The Morgan fingerprint density at radius 2 is 2.05 bits per heavy atom. The lowest BCUT2D eigenvalue weighted by Gasteiger charge is -2.20. The average molecular weight is 337 g/mol. The number of rotatable bonds is 5. The summed E-state index contributed by atoms with van der Waals surface area (Å²) in [6.07, 6.45) is 3.96. The number of halogens is 2. The summed E-state index contributed by atoms with van der Waals surface area (Å²) in [6.45, 7) is 5.03. The molecule has 1 atom stereocenters. The van der Waals surface area contributed by atoms with Crippen molar-refractivity contribution in [3.05, 3.63) is 63.6 Å². The molecule has 1 aromatic carbocycles. The van der Waals surface area contributed by atoms with Crippen molar-refractivity contribution in [1.82, 2.24) is 10.3 Å². The van der Waals surface area contributed by atoms with Gasteiger partial charge in [0, 0.05) is 10.7 Å². The highest BCUT2D eigenvalue weighted by molar-refractivity contribution is 9.10. The Bertz CT molecular complexity index is 586. The van der Waals surface area contributed by atoms with Gasteiger partial charge < -0.3 is 5.32 Å². The maximum absolute atomic E-state index is 13.4. The highest BCUT2D eigenvalue weighted by atomic mass is 79.9. The van der Waals surface area contributed by atoms with Crippen LogP contribution in [0.4, 0.5) is 4.39 Å². The van der Waals surface area contributed by atoms with Crippen molar-refractivity contribution in [2.24, 2.45) is 0 Å². The van der Waals surface area contributed by atoms with Gasteiger partial charge in [0.15, 0.2) is 0 Å². The summed E-state index contributed by atoms with van der Waals surface area (Å²) in [5.74, 6) is -0.308. The third-order valence-electron chi connectivity index (χ3n) is 3.19. The van der Waals surface area contributed by atoms with E-state index in [4.69, 9.17) is 0 Å². The minimum absolute atomic E-state index is 0.0463.